The molecule has 3 aromatic heterocycles. The molecule has 1 saturated carbocycles. The summed E-state index contributed by atoms with van der Waals surface area (Å²) in [6.07, 6.45) is 6.20. The normalized spacial score (nSPS) is 24.1. The lowest BCUT2D eigenvalue weighted by Crippen LogP contribution is -2.23. The van der Waals surface area contributed by atoms with Crippen molar-refractivity contribution in [3.8, 4) is 0 Å². The Balaban J connectivity index is 1.96. The Morgan fingerprint density at radius 1 is 1.32 bits per heavy atom. The van der Waals surface area contributed by atoms with Crippen molar-refractivity contribution in [1.82, 2.24) is 19.5 Å². The summed E-state index contributed by atoms with van der Waals surface area (Å²) in [6.45, 7) is 1.75. The van der Waals surface area contributed by atoms with Gasteiger partial charge in [-0.3, -0.25) is 0 Å². The summed E-state index contributed by atoms with van der Waals surface area (Å²) in [6, 6.07) is 2.27. The van der Waals surface area contributed by atoms with Crippen LogP contribution in [0, 0.1) is 0 Å². The summed E-state index contributed by atoms with van der Waals surface area (Å²) in [5.41, 5.74) is 2.68. The second kappa shape index (κ2) is 5.07. The van der Waals surface area contributed by atoms with Gasteiger partial charge in [0.1, 0.15) is 23.1 Å². The molecule has 1 aliphatic carbocycles. The molecule has 3 N–H and O–H groups in total. The fourth-order valence-electron chi connectivity index (χ4n) is 3.59. The van der Waals surface area contributed by atoms with E-state index in [2.05, 4.69) is 19.5 Å². The highest BCUT2D eigenvalue weighted by Gasteiger charge is 2.27. The highest BCUT2D eigenvalue weighted by molar-refractivity contribution is 6.01. The van der Waals surface area contributed by atoms with Gasteiger partial charge >= 0.3 is 0 Å². The first-order valence-corrected chi connectivity index (χ1v) is 7.85. The standard InChI is InChI=1S/C16H20N4O2/c1-9(21)16-19-13-8-18-15-12(6-7-17-15)14(13)20(16)10-2-4-11(22)5-3-10/h6-11,21-22H,2-5H2,1H3,(H,17,18)/t9-,10?,11?/m1/s1. The number of aromatic nitrogens is 4. The van der Waals surface area contributed by atoms with Gasteiger partial charge in [0, 0.05) is 17.6 Å². The molecular weight excluding hydrogens is 280 g/mol. The lowest BCUT2D eigenvalue weighted by Gasteiger charge is -2.29. The first kappa shape index (κ1) is 13.7. The number of rotatable bonds is 2. The molecule has 0 unspecified atom stereocenters. The van der Waals surface area contributed by atoms with Gasteiger partial charge in [-0.2, -0.15) is 0 Å². The van der Waals surface area contributed by atoms with Crippen LogP contribution in [-0.4, -0.2) is 35.8 Å². The first-order chi connectivity index (χ1) is 10.6. The molecule has 0 amide bonds. The molecule has 22 heavy (non-hydrogen) atoms. The van der Waals surface area contributed by atoms with E-state index in [-0.39, 0.29) is 12.1 Å². The van der Waals surface area contributed by atoms with Crippen LogP contribution in [-0.2, 0) is 0 Å². The minimum Gasteiger partial charge on any atom is -0.393 e. The number of hydrogen-bond acceptors (Lipinski definition) is 4. The van der Waals surface area contributed by atoms with E-state index in [1.165, 1.54) is 0 Å². The molecule has 1 fully saturated rings. The summed E-state index contributed by atoms with van der Waals surface area (Å²) < 4.78 is 2.17. The fraction of sp³-hybridized carbons (Fsp3) is 0.500. The molecule has 0 spiro atoms. The Bertz CT molecular complexity index is 812. The fourth-order valence-corrected chi connectivity index (χ4v) is 3.59. The number of nitrogens with one attached hydrogen (secondary N) is 1. The number of imidazole rings is 1. The molecule has 1 atom stereocenters. The highest BCUT2D eigenvalue weighted by Crippen LogP contribution is 2.36. The van der Waals surface area contributed by atoms with E-state index >= 15 is 0 Å². The number of fused-ring (bicyclic) bond motifs is 3. The Kier molecular flexibility index (Phi) is 3.16. The average Bonchev–Trinajstić information content (AvgIpc) is 3.11. The van der Waals surface area contributed by atoms with Crippen molar-refractivity contribution in [3.63, 3.8) is 0 Å². The molecule has 6 heteroatoms. The third-order valence-electron chi connectivity index (χ3n) is 4.67. The number of H-pyrrole nitrogens is 1. The van der Waals surface area contributed by atoms with Crippen LogP contribution >= 0.6 is 0 Å². The number of pyridine rings is 1. The van der Waals surface area contributed by atoms with Gasteiger partial charge in [0.05, 0.1) is 17.8 Å². The van der Waals surface area contributed by atoms with Crippen molar-refractivity contribution in [3.05, 3.63) is 24.3 Å². The van der Waals surface area contributed by atoms with Gasteiger partial charge in [0.15, 0.2) is 0 Å². The maximum Gasteiger partial charge on any atom is 0.139 e. The molecule has 0 bridgehead atoms. The van der Waals surface area contributed by atoms with Crippen molar-refractivity contribution in [2.75, 3.05) is 0 Å². The highest BCUT2D eigenvalue weighted by atomic mass is 16.3. The molecule has 4 rings (SSSR count). The lowest BCUT2D eigenvalue weighted by molar-refractivity contribution is 0.107. The van der Waals surface area contributed by atoms with E-state index in [0.29, 0.717) is 5.82 Å². The zero-order chi connectivity index (χ0) is 15.3. The van der Waals surface area contributed by atoms with Gasteiger partial charge in [0.25, 0.3) is 0 Å². The second-order valence-electron chi connectivity index (χ2n) is 6.21. The van der Waals surface area contributed by atoms with Gasteiger partial charge in [0.2, 0.25) is 0 Å². The molecule has 0 aromatic carbocycles. The van der Waals surface area contributed by atoms with Gasteiger partial charge < -0.3 is 19.8 Å². The van der Waals surface area contributed by atoms with Gasteiger partial charge in [-0.15, -0.1) is 0 Å². The van der Waals surface area contributed by atoms with Crippen LogP contribution in [0.1, 0.15) is 50.6 Å². The zero-order valence-electron chi connectivity index (χ0n) is 12.5. The van der Waals surface area contributed by atoms with Crippen molar-refractivity contribution in [2.45, 2.75) is 50.9 Å². The molecule has 3 aromatic rings. The number of aromatic amines is 1. The topological polar surface area (TPSA) is 87.0 Å². The molecule has 6 nitrogen and oxygen atoms in total. The van der Waals surface area contributed by atoms with Crippen LogP contribution < -0.4 is 0 Å². The molecule has 0 radical (unpaired) electrons. The zero-order valence-corrected chi connectivity index (χ0v) is 12.5. The molecule has 116 valence electrons. The van der Waals surface area contributed by atoms with E-state index in [4.69, 9.17) is 0 Å². The Morgan fingerprint density at radius 2 is 2.09 bits per heavy atom. The maximum absolute atomic E-state index is 10.1. The average molecular weight is 300 g/mol. The van der Waals surface area contributed by atoms with Crippen LogP contribution in [0.4, 0.5) is 0 Å². The van der Waals surface area contributed by atoms with Crippen LogP contribution in [0.25, 0.3) is 22.1 Å². The quantitative estimate of drug-likeness (QED) is 0.678. The molecule has 1 aliphatic rings. The SMILES string of the molecule is C[C@@H](O)c1nc2cnc3[nH]ccc3c2n1C1CCC(O)CC1. The number of aliphatic hydroxyl groups is 2. The third kappa shape index (κ3) is 2.02. The molecule has 0 aliphatic heterocycles. The van der Waals surface area contributed by atoms with Gasteiger partial charge in [-0.05, 0) is 38.7 Å². The minimum atomic E-state index is -0.631. The Hall–Kier alpha value is -1.92. The van der Waals surface area contributed by atoms with Crippen molar-refractivity contribution in [1.29, 1.82) is 0 Å². The second-order valence-corrected chi connectivity index (χ2v) is 6.21. The van der Waals surface area contributed by atoms with Crippen LogP contribution in [0.15, 0.2) is 18.5 Å². The molecule has 3 heterocycles. The smallest absolute Gasteiger partial charge is 0.139 e. The summed E-state index contributed by atoms with van der Waals surface area (Å²) in [4.78, 5) is 12.1. The summed E-state index contributed by atoms with van der Waals surface area (Å²) in [5.74, 6) is 0.687. The lowest BCUT2D eigenvalue weighted by atomic mass is 9.92. The van der Waals surface area contributed by atoms with E-state index in [9.17, 15) is 10.2 Å². The summed E-state index contributed by atoms with van der Waals surface area (Å²) in [7, 11) is 0. The number of nitrogens with zero attached hydrogens (tertiary/aromatic N) is 3. The Morgan fingerprint density at radius 3 is 2.82 bits per heavy atom. The van der Waals surface area contributed by atoms with Crippen LogP contribution in [0.5, 0.6) is 0 Å². The van der Waals surface area contributed by atoms with Crippen molar-refractivity contribution in [2.24, 2.45) is 0 Å². The maximum atomic E-state index is 10.1. The van der Waals surface area contributed by atoms with Gasteiger partial charge in [-0.25, -0.2) is 9.97 Å². The molecule has 0 saturated heterocycles. The van der Waals surface area contributed by atoms with Crippen LogP contribution in [0.3, 0.4) is 0 Å². The largest absolute Gasteiger partial charge is 0.393 e. The number of aliphatic hydroxyl groups excluding tert-OH is 2. The first-order valence-electron chi connectivity index (χ1n) is 7.85. The predicted molar refractivity (Wildman–Crippen MR) is 83.5 cm³/mol. The third-order valence-corrected chi connectivity index (χ3v) is 4.67. The predicted octanol–water partition coefficient (Wildman–Crippen LogP) is 2.44. The summed E-state index contributed by atoms with van der Waals surface area (Å²) >= 11 is 0. The van der Waals surface area contributed by atoms with E-state index in [1.807, 2.05) is 12.3 Å². The minimum absolute atomic E-state index is 0.199. The monoisotopic (exact) mass is 300 g/mol. The molecular formula is C16H20N4O2. The van der Waals surface area contributed by atoms with E-state index in [1.54, 1.807) is 13.1 Å². The van der Waals surface area contributed by atoms with E-state index in [0.717, 1.165) is 47.8 Å². The number of hydrogen-bond donors (Lipinski definition) is 3. The van der Waals surface area contributed by atoms with Crippen molar-refractivity contribution >= 4 is 22.1 Å². The van der Waals surface area contributed by atoms with Crippen molar-refractivity contribution < 1.29 is 10.2 Å². The van der Waals surface area contributed by atoms with Gasteiger partial charge in [-0.1, -0.05) is 0 Å². The van der Waals surface area contributed by atoms with Crippen LogP contribution in [0.2, 0.25) is 0 Å². The summed E-state index contributed by atoms with van der Waals surface area (Å²) in [5, 5.41) is 20.9. The van der Waals surface area contributed by atoms with E-state index < -0.39 is 6.10 Å². The Labute approximate surface area is 127 Å².